The summed E-state index contributed by atoms with van der Waals surface area (Å²) in [6, 6.07) is 10.5. The highest BCUT2D eigenvalue weighted by molar-refractivity contribution is 7.12. The third kappa shape index (κ3) is 3.46. The van der Waals surface area contributed by atoms with Crippen LogP contribution in [-0.4, -0.2) is 38.7 Å². The summed E-state index contributed by atoms with van der Waals surface area (Å²) in [5.41, 5.74) is 1.70. The van der Waals surface area contributed by atoms with E-state index in [1.807, 2.05) is 61.1 Å². The van der Waals surface area contributed by atoms with Gasteiger partial charge in [-0.25, -0.2) is 9.78 Å². The van der Waals surface area contributed by atoms with E-state index in [0.29, 0.717) is 18.4 Å². The van der Waals surface area contributed by atoms with Crippen LogP contribution in [0.5, 0.6) is 0 Å². The standard InChI is InChI=1S/C23H24N4O3S/c1-4-10-23(17-8-6-5-7-9-17)20(29)26(21(30)25-23)14-19(28)18-13-15(2)27(16(18)3)22-24-11-12-31-22/h5-9,11-13H,4,10,14H2,1-3H3,(H,25,30)/t23-/m1/s1. The minimum absolute atomic E-state index is 0.278. The number of ketones is 1. The van der Waals surface area contributed by atoms with Gasteiger partial charge in [0.25, 0.3) is 5.91 Å². The van der Waals surface area contributed by atoms with E-state index in [9.17, 15) is 14.4 Å². The zero-order chi connectivity index (χ0) is 22.2. The second kappa shape index (κ2) is 8.11. The van der Waals surface area contributed by atoms with Crippen molar-refractivity contribution >= 4 is 29.1 Å². The number of nitrogens with one attached hydrogen (secondary N) is 1. The molecule has 0 bridgehead atoms. The van der Waals surface area contributed by atoms with Gasteiger partial charge < -0.3 is 5.32 Å². The van der Waals surface area contributed by atoms with Gasteiger partial charge in [-0.05, 0) is 31.9 Å². The van der Waals surface area contributed by atoms with Gasteiger partial charge in [0, 0.05) is 28.5 Å². The van der Waals surface area contributed by atoms with Crippen molar-refractivity contribution in [2.75, 3.05) is 6.54 Å². The van der Waals surface area contributed by atoms with Crippen LogP contribution in [0.2, 0.25) is 0 Å². The predicted octanol–water partition coefficient (Wildman–Crippen LogP) is 3.98. The molecule has 3 heterocycles. The second-order valence-corrected chi connectivity index (χ2v) is 8.57. The van der Waals surface area contributed by atoms with Gasteiger partial charge in [-0.15, -0.1) is 11.3 Å². The summed E-state index contributed by atoms with van der Waals surface area (Å²) in [5.74, 6) is -0.660. The highest BCUT2D eigenvalue weighted by atomic mass is 32.1. The molecule has 0 aliphatic carbocycles. The molecule has 1 atom stereocenters. The number of urea groups is 1. The number of benzene rings is 1. The largest absolute Gasteiger partial charge is 0.325 e. The van der Waals surface area contributed by atoms with Gasteiger partial charge in [0.05, 0.1) is 6.54 Å². The molecule has 1 saturated heterocycles. The quantitative estimate of drug-likeness (QED) is 0.448. The Hall–Kier alpha value is -3.26. The molecular formula is C23H24N4O3S. The first-order valence-corrected chi connectivity index (χ1v) is 11.1. The van der Waals surface area contributed by atoms with E-state index < -0.39 is 11.6 Å². The topological polar surface area (TPSA) is 84.3 Å². The van der Waals surface area contributed by atoms with Crippen LogP contribution in [0.3, 0.4) is 0 Å². The SMILES string of the molecule is CCC[C@]1(c2ccccc2)NC(=O)N(CC(=O)c2cc(C)n(-c3nccs3)c2C)C1=O. The van der Waals surface area contributed by atoms with Gasteiger partial charge in [0.2, 0.25) is 0 Å². The summed E-state index contributed by atoms with van der Waals surface area (Å²) in [7, 11) is 0. The van der Waals surface area contributed by atoms with E-state index >= 15 is 0 Å². The van der Waals surface area contributed by atoms with Gasteiger partial charge >= 0.3 is 6.03 Å². The number of rotatable bonds is 7. The number of hydrogen-bond acceptors (Lipinski definition) is 5. The van der Waals surface area contributed by atoms with Crippen molar-refractivity contribution in [1.29, 1.82) is 0 Å². The average Bonchev–Trinajstić information content (AvgIpc) is 3.44. The fourth-order valence-electron chi connectivity index (χ4n) is 4.27. The van der Waals surface area contributed by atoms with Crippen molar-refractivity contribution in [3.8, 4) is 5.13 Å². The van der Waals surface area contributed by atoms with E-state index in [-0.39, 0.29) is 18.2 Å². The molecule has 1 N–H and O–H groups in total. The number of carbonyl (C=O) groups is 3. The molecule has 31 heavy (non-hydrogen) atoms. The van der Waals surface area contributed by atoms with Crippen LogP contribution in [0.1, 0.15) is 47.1 Å². The van der Waals surface area contributed by atoms with Crippen LogP contribution in [0, 0.1) is 13.8 Å². The number of amides is 3. The van der Waals surface area contributed by atoms with Crippen molar-refractivity contribution in [2.45, 2.75) is 39.2 Å². The monoisotopic (exact) mass is 436 g/mol. The average molecular weight is 437 g/mol. The second-order valence-electron chi connectivity index (χ2n) is 7.70. The molecule has 1 aliphatic heterocycles. The molecule has 7 nitrogen and oxygen atoms in total. The first-order valence-electron chi connectivity index (χ1n) is 10.2. The van der Waals surface area contributed by atoms with Crippen LogP contribution in [0.4, 0.5) is 4.79 Å². The van der Waals surface area contributed by atoms with Crippen LogP contribution < -0.4 is 5.32 Å². The molecule has 1 fully saturated rings. The van der Waals surface area contributed by atoms with E-state index in [2.05, 4.69) is 10.3 Å². The van der Waals surface area contributed by atoms with Crippen molar-refractivity contribution in [1.82, 2.24) is 19.8 Å². The molecule has 0 unspecified atom stereocenters. The molecule has 3 amide bonds. The van der Waals surface area contributed by atoms with Crippen LogP contribution >= 0.6 is 11.3 Å². The third-order valence-electron chi connectivity index (χ3n) is 5.71. The molecule has 1 aliphatic rings. The highest BCUT2D eigenvalue weighted by Gasteiger charge is 2.52. The molecule has 0 radical (unpaired) electrons. The minimum Gasteiger partial charge on any atom is -0.319 e. The van der Waals surface area contributed by atoms with Gasteiger partial charge in [-0.3, -0.25) is 19.1 Å². The Morgan fingerprint density at radius 1 is 1.19 bits per heavy atom. The van der Waals surface area contributed by atoms with Crippen molar-refractivity contribution in [2.24, 2.45) is 0 Å². The highest BCUT2D eigenvalue weighted by Crippen LogP contribution is 2.34. The van der Waals surface area contributed by atoms with Crippen LogP contribution in [0.25, 0.3) is 5.13 Å². The number of aryl methyl sites for hydroxylation is 1. The Balaban J connectivity index is 1.63. The van der Waals surface area contributed by atoms with Gasteiger partial charge in [0.15, 0.2) is 10.9 Å². The predicted molar refractivity (Wildman–Crippen MR) is 119 cm³/mol. The molecule has 160 valence electrons. The zero-order valence-electron chi connectivity index (χ0n) is 17.7. The Bertz CT molecular complexity index is 1140. The maximum Gasteiger partial charge on any atom is 0.325 e. The fourth-order valence-corrected chi connectivity index (χ4v) is 5.02. The minimum atomic E-state index is -1.13. The summed E-state index contributed by atoms with van der Waals surface area (Å²) < 4.78 is 1.91. The number of thiazole rings is 1. The van der Waals surface area contributed by atoms with Gasteiger partial charge in [-0.2, -0.15) is 0 Å². The number of imide groups is 1. The number of Topliss-reactive ketones (excluding diaryl/α,β-unsaturated/α-hetero) is 1. The summed E-state index contributed by atoms with van der Waals surface area (Å²) in [4.78, 5) is 44.7. The molecule has 8 heteroatoms. The van der Waals surface area contributed by atoms with Crippen molar-refractivity contribution in [3.63, 3.8) is 0 Å². The number of nitrogens with zero attached hydrogens (tertiary/aromatic N) is 3. The van der Waals surface area contributed by atoms with E-state index in [1.54, 1.807) is 12.3 Å². The first kappa shape index (κ1) is 21.0. The molecule has 3 aromatic rings. The van der Waals surface area contributed by atoms with Gasteiger partial charge in [-0.1, -0.05) is 43.7 Å². The molecule has 4 rings (SSSR count). The van der Waals surface area contributed by atoms with E-state index in [0.717, 1.165) is 27.0 Å². The fraction of sp³-hybridized carbons (Fsp3) is 0.304. The molecule has 2 aromatic heterocycles. The summed E-state index contributed by atoms with van der Waals surface area (Å²) in [6.07, 6.45) is 2.88. The zero-order valence-corrected chi connectivity index (χ0v) is 18.5. The van der Waals surface area contributed by atoms with Gasteiger partial charge in [0.1, 0.15) is 5.54 Å². The van der Waals surface area contributed by atoms with Crippen molar-refractivity contribution in [3.05, 3.63) is 70.5 Å². The maximum atomic E-state index is 13.4. The first-order chi connectivity index (χ1) is 14.9. The number of hydrogen-bond donors (Lipinski definition) is 1. The van der Waals surface area contributed by atoms with E-state index in [4.69, 9.17) is 0 Å². The van der Waals surface area contributed by atoms with E-state index in [1.165, 1.54) is 11.3 Å². The lowest BCUT2D eigenvalue weighted by molar-refractivity contribution is -0.131. The maximum absolute atomic E-state index is 13.4. The van der Waals surface area contributed by atoms with Crippen molar-refractivity contribution < 1.29 is 14.4 Å². The Labute approximate surface area is 184 Å². The number of carbonyl (C=O) groups excluding carboxylic acids is 3. The van der Waals surface area contributed by atoms with Crippen LogP contribution in [0.15, 0.2) is 48.0 Å². The molecule has 1 aromatic carbocycles. The normalized spacial score (nSPS) is 18.5. The summed E-state index contributed by atoms with van der Waals surface area (Å²) >= 11 is 1.48. The third-order valence-corrected chi connectivity index (χ3v) is 6.47. The lowest BCUT2D eigenvalue weighted by atomic mass is 9.85. The molecule has 0 saturated carbocycles. The lowest BCUT2D eigenvalue weighted by Gasteiger charge is -2.26. The molecular weight excluding hydrogens is 412 g/mol. The Morgan fingerprint density at radius 3 is 2.58 bits per heavy atom. The Kier molecular flexibility index (Phi) is 5.49. The lowest BCUT2D eigenvalue weighted by Crippen LogP contribution is -2.44. The van der Waals surface area contributed by atoms with Crippen LogP contribution in [-0.2, 0) is 10.3 Å². The summed E-state index contributed by atoms with van der Waals surface area (Å²) in [5, 5.41) is 5.51. The summed E-state index contributed by atoms with van der Waals surface area (Å²) in [6.45, 7) is 5.41. The smallest absolute Gasteiger partial charge is 0.319 e. The molecule has 0 spiro atoms. The number of aromatic nitrogens is 2. The Morgan fingerprint density at radius 2 is 1.94 bits per heavy atom.